The fourth-order valence-electron chi connectivity index (χ4n) is 4.56. The predicted molar refractivity (Wildman–Crippen MR) is 148 cm³/mol. The van der Waals surface area contributed by atoms with Gasteiger partial charge in [-0.05, 0) is 74.3 Å². The van der Waals surface area contributed by atoms with Crippen LogP contribution in [-0.4, -0.2) is 41.5 Å². The maximum absolute atomic E-state index is 13.6. The Kier molecular flexibility index (Phi) is 7.70. The van der Waals surface area contributed by atoms with E-state index in [1.807, 2.05) is 80.3 Å². The molecule has 3 aromatic carbocycles. The Balaban J connectivity index is 1.64. The number of aryl methyl sites for hydroxylation is 3. The van der Waals surface area contributed by atoms with E-state index in [-0.39, 0.29) is 18.2 Å². The Bertz CT molecular complexity index is 1270. The molecule has 2 amide bonds. The number of hydrogen-bond donors (Lipinski definition) is 1. The first-order chi connectivity index (χ1) is 17.3. The van der Waals surface area contributed by atoms with Gasteiger partial charge in [0.05, 0.1) is 19.2 Å². The number of ether oxygens (including phenoxy) is 1. The summed E-state index contributed by atoms with van der Waals surface area (Å²) in [6.07, 6.45) is 0.661. The lowest BCUT2D eigenvalue weighted by atomic mass is 10.1. The van der Waals surface area contributed by atoms with E-state index in [1.165, 1.54) is 4.90 Å². The fraction of sp³-hybridized carbons (Fsp3) is 0.276. The lowest BCUT2D eigenvalue weighted by molar-refractivity contribution is -0.122. The van der Waals surface area contributed by atoms with Gasteiger partial charge in [-0.2, -0.15) is 0 Å². The standard InChI is InChI=1S/C29H31N3O3S/c1-19-12-14-23(15-13-19)32-26(33)18-24(28(32)34)31(17-16-22-10-5-6-11-25(22)35-4)29(36)30-27-20(2)8-7-9-21(27)3/h5-15,24H,16-18H2,1-4H3,(H,30,36)/t24-/m1/s1. The first-order valence-corrected chi connectivity index (χ1v) is 12.4. The topological polar surface area (TPSA) is 61.9 Å². The quantitative estimate of drug-likeness (QED) is 0.355. The van der Waals surface area contributed by atoms with E-state index in [4.69, 9.17) is 17.0 Å². The summed E-state index contributed by atoms with van der Waals surface area (Å²) in [4.78, 5) is 29.8. The highest BCUT2D eigenvalue weighted by Gasteiger charge is 2.43. The van der Waals surface area contributed by atoms with Gasteiger partial charge in [-0.25, -0.2) is 4.90 Å². The normalized spacial score (nSPS) is 15.2. The van der Waals surface area contributed by atoms with Crippen molar-refractivity contribution in [3.8, 4) is 5.75 Å². The molecule has 1 aliphatic heterocycles. The Morgan fingerprint density at radius 1 is 1.00 bits per heavy atom. The van der Waals surface area contributed by atoms with Crippen LogP contribution in [0.1, 0.15) is 28.7 Å². The number of nitrogens with one attached hydrogen (secondary N) is 1. The summed E-state index contributed by atoms with van der Waals surface area (Å²) in [5, 5.41) is 3.78. The molecule has 0 bridgehead atoms. The third kappa shape index (κ3) is 5.26. The number of methoxy groups -OCH3 is 1. The number of para-hydroxylation sites is 2. The minimum Gasteiger partial charge on any atom is -0.496 e. The first kappa shape index (κ1) is 25.4. The summed E-state index contributed by atoms with van der Waals surface area (Å²) in [5.74, 6) is 0.279. The summed E-state index contributed by atoms with van der Waals surface area (Å²) in [6.45, 7) is 6.45. The number of nitrogens with zero attached hydrogens (tertiary/aromatic N) is 2. The maximum Gasteiger partial charge on any atom is 0.257 e. The molecule has 0 unspecified atom stereocenters. The molecule has 36 heavy (non-hydrogen) atoms. The van der Waals surface area contributed by atoms with E-state index >= 15 is 0 Å². The van der Waals surface area contributed by atoms with Crippen LogP contribution in [0.25, 0.3) is 0 Å². The third-order valence-electron chi connectivity index (χ3n) is 6.58. The van der Waals surface area contributed by atoms with Crippen molar-refractivity contribution >= 4 is 40.5 Å². The minimum atomic E-state index is -0.696. The molecule has 1 heterocycles. The Morgan fingerprint density at radius 3 is 2.33 bits per heavy atom. The lowest BCUT2D eigenvalue weighted by Crippen LogP contribution is -2.48. The van der Waals surface area contributed by atoms with Crippen LogP contribution >= 0.6 is 12.2 Å². The van der Waals surface area contributed by atoms with Gasteiger partial charge in [0.2, 0.25) is 5.91 Å². The van der Waals surface area contributed by atoms with Crippen LogP contribution in [0.2, 0.25) is 0 Å². The number of thiocarbonyl (C=S) groups is 1. The smallest absolute Gasteiger partial charge is 0.257 e. The van der Waals surface area contributed by atoms with Crippen LogP contribution in [0.15, 0.2) is 66.7 Å². The zero-order valence-electron chi connectivity index (χ0n) is 21.1. The second-order valence-electron chi connectivity index (χ2n) is 9.08. The molecule has 1 aliphatic rings. The summed E-state index contributed by atoms with van der Waals surface area (Å²) in [7, 11) is 1.64. The molecule has 1 atom stereocenters. The van der Waals surface area contributed by atoms with Crippen molar-refractivity contribution in [1.29, 1.82) is 0 Å². The second-order valence-corrected chi connectivity index (χ2v) is 9.46. The Hall–Kier alpha value is -3.71. The average Bonchev–Trinajstić information content (AvgIpc) is 3.16. The van der Waals surface area contributed by atoms with Gasteiger partial charge in [-0.1, -0.05) is 54.1 Å². The van der Waals surface area contributed by atoms with Gasteiger partial charge < -0.3 is 15.0 Å². The molecule has 3 aromatic rings. The van der Waals surface area contributed by atoms with Gasteiger partial charge in [0.15, 0.2) is 5.11 Å². The molecular weight excluding hydrogens is 470 g/mol. The zero-order chi connectivity index (χ0) is 25.8. The molecule has 0 spiro atoms. The van der Waals surface area contributed by atoms with Crippen LogP contribution < -0.4 is 15.0 Å². The van der Waals surface area contributed by atoms with Gasteiger partial charge in [0.1, 0.15) is 11.8 Å². The summed E-state index contributed by atoms with van der Waals surface area (Å²) in [6, 6.07) is 20.5. The van der Waals surface area contributed by atoms with E-state index < -0.39 is 6.04 Å². The second kappa shape index (κ2) is 10.9. The summed E-state index contributed by atoms with van der Waals surface area (Å²) in [5.41, 5.74) is 5.67. The van der Waals surface area contributed by atoms with Crippen molar-refractivity contribution in [3.63, 3.8) is 0 Å². The molecule has 186 valence electrons. The average molecular weight is 502 g/mol. The Labute approximate surface area is 217 Å². The molecule has 0 aliphatic carbocycles. The van der Waals surface area contributed by atoms with Crippen LogP contribution in [0.4, 0.5) is 11.4 Å². The number of hydrogen-bond acceptors (Lipinski definition) is 4. The van der Waals surface area contributed by atoms with Crippen molar-refractivity contribution in [2.75, 3.05) is 23.9 Å². The van der Waals surface area contributed by atoms with Gasteiger partial charge in [-0.3, -0.25) is 9.59 Å². The van der Waals surface area contributed by atoms with E-state index in [2.05, 4.69) is 5.32 Å². The maximum atomic E-state index is 13.6. The molecule has 0 saturated carbocycles. The number of benzene rings is 3. The monoisotopic (exact) mass is 501 g/mol. The highest BCUT2D eigenvalue weighted by molar-refractivity contribution is 7.80. The predicted octanol–water partition coefficient (Wildman–Crippen LogP) is 5.19. The SMILES string of the molecule is COc1ccccc1CCN(C(=S)Nc1c(C)cccc1C)[C@@H]1CC(=O)N(c2ccc(C)cc2)C1=O. The van der Waals surface area contributed by atoms with Crippen molar-refractivity contribution in [2.24, 2.45) is 0 Å². The van der Waals surface area contributed by atoms with E-state index in [1.54, 1.807) is 19.2 Å². The molecule has 1 fully saturated rings. The van der Waals surface area contributed by atoms with Crippen molar-refractivity contribution < 1.29 is 14.3 Å². The molecule has 1 N–H and O–H groups in total. The number of rotatable bonds is 7. The highest BCUT2D eigenvalue weighted by atomic mass is 32.1. The molecule has 0 radical (unpaired) electrons. The van der Waals surface area contributed by atoms with Crippen LogP contribution in [0.5, 0.6) is 5.75 Å². The molecular formula is C29H31N3O3S. The lowest BCUT2D eigenvalue weighted by Gasteiger charge is -2.31. The van der Waals surface area contributed by atoms with Crippen molar-refractivity contribution in [3.05, 3.63) is 89.0 Å². The van der Waals surface area contributed by atoms with Crippen LogP contribution in [-0.2, 0) is 16.0 Å². The van der Waals surface area contributed by atoms with Gasteiger partial charge >= 0.3 is 0 Å². The highest BCUT2D eigenvalue weighted by Crippen LogP contribution is 2.28. The Morgan fingerprint density at radius 2 is 1.67 bits per heavy atom. The number of anilines is 2. The number of imide groups is 1. The fourth-order valence-corrected chi connectivity index (χ4v) is 4.88. The molecule has 0 aromatic heterocycles. The summed E-state index contributed by atoms with van der Waals surface area (Å²) >= 11 is 5.86. The number of amides is 2. The van der Waals surface area contributed by atoms with E-state index in [0.29, 0.717) is 23.8 Å². The first-order valence-electron chi connectivity index (χ1n) is 12.0. The van der Waals surface area contributed by atoms with Crippen molar-refractivity contribution in [1.82, 2.24) is 4.90 Å². The van der Waals surface area contributed by atoms with Gasteiger partial charge in [0.25, 0.3) is 5.91 Å². The number of carbonyl (C=O) groups is 2. The van der Waals surface area contributed by atoms with Crippen LogP contribution in [0.3, 0.4) is 0 Å². The molecule has 4 rings (SSSR count). The van der Waals surface area contributed by atoms with Crippen LogP contribution in [0, 0.1) is 20.8 Å². The van der Waals surface area contributed by atoms with Gasteiger partial charge in [-0.15, -0.1) is 0 Å². The summed E-state index contributed by atoms with van der Waals surface area (Å²) < 4.78 is 5.52. The van der Waals surface area contributed by atoms with Gasteiger partial charge in [0, 0.05) is 12.2 Å². The molecule has 6 nitrogen and oxygen atoms in total. The number of carbonyl (C=O) groups excluding carboxylic acids is 2. The van der Waals surface area contributed by atoms with E-state index in [0.717, 1.165) is 33.7 Å². The molecule has 7 heteroatoms. The van der Waals surface area contributed by atoms with Crippen molar-refractivity contribution in [2.45, 2.75) is 39.7 Å². The third-order valence-corrected chi connectivity index (χ3v) is 6.92. The zero-order valence-corrected chi connectivity index (χ0v) is 21.9. The minimum absolute atomic E-state index is 0.0627. The largest absolute Gasteiger partial charge is 0.496 e. The molecule has 1 saturated heterocycles. The van der Waals surface area contributed by atoms with E-state index in [9.17, 15) is 9.59 Å².